The molecule has 2 unspecified atom stereocenters. The highest BCUT2D eigenvalue weighted by Crippen LogP contribution is 2.25. The number of hydrogen-bond acceptors (Lipinski definition) is 4. The SMILES string of the molecule is COc1ccccc1OCC(O)CNC(C)Cc1ccccc1. The van der Waals surface area contributed by atoms with Crippen LogP contribution in [0.1, 0.15) is 12.5 Å². The first-order chi connectivity index (χ1) is 11.2. The fourth-order valence-corrected chi connectivity index (χ4v) is 2.36. The average molecular weight is 315 g/mol. The molecule has 0 aliphatic carbocycles. The average Bonchev–Trinajstić information content (AvgIpc) is 2.59. The van der Waals surface area contributed by atoms with Crippen LogP contribution in [0.3, 0.4) is 0 Å². The van der Waals surface area contributed by atoms with Crippen LogP contribution in [0, 0.1) is 0 Å². The van der Waals surface area contributed by atoms with Crippen LogP contribution in [0.4, 0.5) is 0 Å². The lowest BCUT2D eigenvalue weighted by Crippen LogP contribution is -2.37. The Balaban J connectivity index is 1.71. The van der Waals surface area contributed by atoms with Crippen molar-refractivity contribution in [1.29, 1.82) is 0 Å². The maximum absolute atomic E-state index is 10.1. The second-order valence-electron chi connectivity index (χ2n) is 5.61. The largest absolute Gasteiger partial charge is 0.493 e. The van der Waals surface area contributed by atoms with Gasteiger partial charge < -0.3 is 19.9 Å². The molecule has 0 amide bonds. The Kier molecular flexibility index (Phi) is 6.91. The van der Waals surface area contributed by atoms with Gasteiger partial charge in [0.15, 0.2) is 11.5 Å². The summed E-state index contributed by atoms with van der Waals surface area (Å²) in [4.78, 5) is 0. The van der Waals surface area contributed by atoms with E-state index < -0.39 is 6.10 Å². The summed E-state index contributed by atoms with van der Waals surface area (Å²) in [5.74, 6) is 1.32. The van der Waals surface area contributed by atoms with Crippen molar-refractivity contribution in [3.8, 4) is 11.5 Å². The van der Waals surface area contributed by atoms with Crippen molar-refractivity contribution in [2.24, 2.45) is 0 Å². The molecule has 0 saturated carbocycles. The van der Waals surface area contributed by atoms with Gasteiger partial charge in [-0.15, -0.1) is 0 Å². The number of nitrogens with one attached hydrogen (secondary N) is 1. The Morgan fingerprint density at radius 2 is 1.65 bits per heavy atom. The summed E-state index contributed by atoms with van der Waals surface area (Å²) in [7, 11) is 1.60. The number of benzene rings is 2. The predicted octanol–water partition coefficient (Wildman–Crippen LogP) is 2.66. The third-order valence-electron chi connectivity index (χ3n) is 3.59. The summed E-state index contributed by atoms with van der Waals surface area (Å²) in [5.41, 5.74) is 1.28. The van der Waals surface area contributed by atoms with Crippen molar-refractivity contribution < 1.29 is 14.6 Å². The van der Waals surface area contributed by atoms with Gasteiger partial charge in [0.25, 0.3) is 0 Å². The van der Waals surface area contributed by atoms with Crippen molar-refractivity contribution >= 4 is 0 Å². The van der Waals surface area contributed by atoms with Gasteiger partial charge >= 0.3 is 0 Å². The molecule has 0 spiro atoms. The molecule has 2 N–H and O–H groups in total. The van der Waals surface area contributed by atoms with Crippen molar-refractivity contribution in [2.75, 3.05) is 20.3 Å². The van der Waals surface area contributed by atoms with Crippen LogP contribution in [0.25, 0.3) is 0 Å². The number of para-hydroxylation sites is 2. The zero-order valence-corrected chi connectivity index (χ0v) is 13.7. The number of ether oxygens (including phenoxy) is 2. The van der Waals surface area contributed by atoms with E-state index in [2.05, 4.69) is 24.4 Å². The summed E-state index contributed by atoms with van der Waals surface area (Å²) >= 11 is 0. The molecule has 2 aromatic rings. The first-order valence-corrected chi connectivity index (χ1v) is 7.90. The molecule has 0 aliphatic heterocycles. The van der Waals surface area contributed by atoms with E-state index in [0.29, 0.717) is 24.1 Å². The van der Waals surface area contributed by atoms with Crippen LogP contribution in [-0.2, 0) is 6.42 Å². The monoisotopic (exact) mass is 315 g/mol. The Labute approximate surface area is 138 Å². The summed E-state index contributed by atoms with van der Waals surface area (Å²) in [5, 5.41) is 13.4. The Morgan fingerprint density at radius 3 is 2.35 bits per heavy atom. The molecule has 4 nitrogen and oxygen atoms in total. The highest BCUT2D eigenvalue weighted by molar-refractivity contribution is 5.39. The molecule has 124 valence electrons. The number of hydrogen-bond donors (Lipinski definition) is 2. The van der Waals surface area contributed by atoms with Gasteiger partial charge in [-0.1, -0.05) is 42.5 Å². The molecule has 4 heteroatoms. The minimum Gasteiger partial charge on any atom is -0.493 e. The van der Waals surface area contributed by atoms with E-state index in [4.69, 9.17) is 9.47 Å². The molecule has 23 heavy (non-hydrogen) atoms. The molecule has 2 aromatic carbocycles. The Hall–Kier alpha value is -2.04. The topological polar surface area (TPSA) is 50.7 Å². The predicted molar refractivity (Wildman–Crippen MR) is 92.1 cm³/mol. The van der Waals surface area contributed by atoms with Crippen LogP contribution < -0.4 is 14.8 Å². The third-order valence-corrected chi connectivity index (χ3v) is 3.59. The van der Waals surface area contributed by atoms with Gasteiger partial charge in [0, 0.05) is 12.6 Å². The van der Waals surface area contributed by atoms with Crippen LogP contribution in [0.15, 0.2) is 54.6 Å². The Morgan fingerprint density at radius 1 is 1.00 bits per heavy atom. The van der Waals surface area contributed by atoms with Crippen molar-refractivity contribution in [1.82, 2.24) is 5.32 Å². The lowest BCUT2D eigenvalue weighted by Gasteiger charge is -2.18. The van der Waals surface area contributed by atoms with E-state index in [1.54, 1.807) is 7.11 Å². The van der Waals surface area contributed by atoms with E-state index in [-0.39, 0.29) is 6.61 Å². The van der Waals surface area contributed by atoms with Gasteiger partial charge in [0.1, 0.15) is 12.7 Å². The zero-order valence-electron chi connectivity index (χ0n) is 13.7. The van der Waals surface area contributed by atoms with Crippen molar-refractivity contribution in [3.63, 3.8) is 0 Å². The number of methoxy groups -OCH3 is 1. The molecule has 0 aliphatic rings. The number of aliphatic hydroxyl groups excluding tert-OH is 1. The van der Waals surface area contributed by atoms with Crippen molar-refractivity contribution in [3.05, 3.63) is 60.2 Å². The first kappa shape index (κ1) is 17.3. The smallest absolute Gasteiger partial charge is 0.161 e. The van der Waals surface area contributed by atoms with E-state index in [1.165, 1.54) is 5.56 Å². The second-order valence-corrected chi connectivity index (χ2v) is 5.61. The molecule has 0 bridgehead atoms. The first-order valence-electron chi connectivity index (χ1n) is 7.90. The molecular formula is C19H25NO3. The van der Waals surface area contributed by atoms with Gasteiger partial charge in [-0.25, -0.2) is 0 Å². The highest BCUT2D eigenvalue weighted by Gasteiger charge is 2.10. The zero-order chi connectivity index (χ0) is 16.5. The third kappa shape index (κ3) is 5.93. The summed E-state index contributed by atoms with van der Waals surface area (Å²) in [6.07, 6.45) is 0.360. The van der Waals surface area contributed by atoms with E-state index in [1.807, 2.05) is 42.5 Å². The Bertz CT molecular complexity index is 574. The molecule has 0 saturated heterocycles. The summed E-state index contributed by atoms with van der Waals surface area (Å²) < 4.78 is 10.8. The fraction of sp³-hybridized carbons (Fsp3) is 0.368. The van der Waals surface area contributed by atoms with E-state index >= 15 is 0 Å². The normalized spacial score (nSPS) is 13.3. The minimum absolute atomic E-state index is 0.228. The second kappa shape index (κ2) is 9.18. The molecular weight excluding hydrogens is 290 g/mol. The van der Waals surface area contributed by atoms with Gasteiger partial charge in [0.05, 0.1) is 7.11 Å². The van der Waals surface area contributed by atoms with E-state index in [9.17, 15) is 5.11 Å². The number of aliphatic hydroxyl groups is 1. The van der Waals surface area contributed by atoms with Crippen LogP contribution in [0.5, 0.6) is 11.5 Å². The summed E-state index contributed by atoms with van der Waals surface area (Å²) in [6, 6.07) is 18.0. The van der Waals surface area contributed by atoms with Crippen molar-refractivity contribution in [2.45, 2.75) is 25.5 Å². The lowest BCUT2D eigenvalue weighted by molar-refractivity contribution is 0.102. The van der Waals surface area contributed by atoms with Crippen LogP contribution in [0.2, 0.25) is 0 Å². The van der Waals surface area contributed by atoms with E-state index in [0.717, 1.165) is 6.42 Å². The summed E-state index contributed by atoms with van der Waals surface area (Å²) in [6.45, 7) is 2.83. The molecule has 0 aromatic heterocycles. The van der Waals surface area contributed by atoms with Crippen LogP contribution >= 0.6 is 0 Å². The van der Waals surface area contributed by atoms with Gasteiger partial charge in [0.2, 0.25) is 0 Å². The molecule has 0 fully saturated rings. The maximum Gasteiger partial charge on any atom is 0.161 e. The standard InChI is InChI=1S/C19H25NO3/c1-15(12-16-8-4-3-5-9-16)20-13-17(21)14-23-19-11-7-6-10-18(19)22-2/h3-11,15,17,20-21H,12-14H2,1-2H3. The molecule has 2 rings (SSSR count). The number of rotatable bonds is 9. The van der Waals surface area contributed by atoms with Gasteiger partial charge in [-0.05, 0) is 31.0 Å². The maximum atomic E-state index is 10.1. The highest BCUT2D eigenvalue weighted by atomic mass is 16.5. The molecule has 2 atom stereocenters. The lowest BCUT2D eigenvalue weighted by atomic mass is 10.1. The molecule has 0 heterocycles. The van der Waals surface area contributed by atoms with Gasteiger partial charge in [-0.2, -0.15) is 0 Å². The van der Waals surface area contributed by atoms with Gasteiger partial charge in [-0.3, -0.25) is 0 Å². The van der Waals surface area contributed by atoms with Crippen LogP contribution in [-0.4, -0.2) is 37.5 Å². The fourth-order valence-electron chi connectivity index (χ4n) is 2.36. The minimum atomic E-state index is -0.571. The quantitative estimate of drug-likeness (QED) is 0.747. The molecule has 0 radical (unpaired) electrons.